The molecule has 0 aliphatic rings. The average Bonchev–Trinajstić information content (AvgIpc) is 2.28. The topological polar surface area (TPSA) is 71.4 Å². The number of rotatable bonds is 7. The van der Waals surface area contributed by atoms with Crippen molar-refractivity contribution in [2.24, 2.45) is 0 Å². The molecule has 0 amide bonds. The zero-order chi connectivity index (χ0) is 13.6. The molecule has 0 aromatic heterocycles. The molecule has 0 spiro atoms. The molecule has 0 aliphatic carbocycles. The van der Waals surface area contributed by atoms with Crippen LogP contribution in [0.1, 0.15) is 30.9 Å². The Labute approximate surface area is 108 Å². The lowest BCUT2D eigenvalue weighted by molar-refractivity contribution is -0.136. The molecule has 0 bridgehead atoms. The Kier molecular flexibility index (Phi) is 5.34. The minimum absolute atomic E-state index is 0.0281. The van der Waals surface area contributed by atoms with E-state index in [9.17, 15) is 13.2 Å². The van der Waals surface area contributed by atoms with Gasteiger partial charge in [-0.1, -0.05) is 37.6 Å². The molecule has 0 aliphatic heterocycles. The van der Waals surface area contributed by atoms with E-state index >= 15 is 0 Å². The fourth-order valence-electron chi connectivity index (χ4n) is 1.62. The third kappa shape index (κ3) is 5.31. The maximum absolute atomic E-state index is 11.7. The summed E-state index contributed by atoms with van der Waals surface area (Å²) in [5, 5.41) is 8.62. The van der Waals surface area contributed by atoms with Crippen LogP contribution in [0, 0.1) is 0 Å². The van der Waals surface area contributed by atoms with Gasteiger partial charge in [0.15, 0.2) is 9.84 Å². The van der Waals surface area contributed by atoms with Crippen LogP contribution in [0.2, 0.25) is 0 Å². The zero-order valence-electron chi connectivity index (χ0n) is 10.4. The molecule has 1 N–H and O–H groups in total. The third-order valence-corrected chi connectivity index (χ3v) is 4.26. The van der Waals surface area contributed by atoms with E-state index in [1.165, 1.54) is 0 Å². The summed E-state index contributed by atoms with van der Waals surface area (Å²) in [6.07, 6.45) is 1.50. The molecule has 18 heavy (non-hydrogen) atoms. The standard InChI is InChI=1S/C13H18O4S/c1-2-3-8-18(16,17)10-12-6-4-11(5-7-12)9-13(14)15/h4-7H,2-3,8-10H2,1H3,(H,14,15). The van der Waals surface area contributed by atoms with Crippen LogP contribution in [0.4, 0.5) is 0 Å². The van der Waals surface area contributed by atoms with Crippen molar-refractivity contribution in [1.82, 2.24) is 0 Å². The first kappa shape index (κ1) is 14.7. The molecule has 0 heterocycles. The molecule has 4 nitrogen and oxygen atoms in total. The van der Waals surface area contributed by atoms with Gasteiger partial charge in [0.1, 0.15) is 0 Å². The molecule has 5 heteroatoms. The van der Waals surface area contributed by atoms with Gasteiger partial charge in [0.25, 0.3) is 0 Å². The van der Waals surface area contributed by atoms with Gasteiger partial charge in [-0.15, -0.1) is 0 Å². The lowest BCUT2D eigenvalue weighted by Gasteiger charge is -2.04. The highest BCUT2D eigenvalue weighted by molar-refractivity contribution is 7.90. The van der Waals surface area contributed by atoms with Gasteiger partial charge in [-0.05, 0) is 17.5 Å². The number of hydrogen-bond donors (Lipinski definition) is 1. The summed E-state index contributed by atoms with van der Waals surface area (Å²) in [7, 11) is -3.05. The second-order valence-corrected chi connectivity index (χ2v) is 6.52. The minimum atomic E-state index is -3.05. The van der Waals surface area contributed by atoms with Crippen LogP contribution in [0.5, 0.6) is 0 Å². The monoisotopic (exact) mass is 270 g/mol. The maximum Gasteiger partial charge on any atom is 0.307 e. The summed E-state index contributed by atoms with van der Waals surface area (Å²) in [5.41, 5.74) is 1.39. The normalized spacial score (nSPS) is 11.4. The molecule has 0 atom stereocenters. The molecule has 1 aromatic rings. The number of carboxylic acids is 1. The second kappa shape index (κ2) is 6.54. The predicted octanol–water partition coefficient (Wildman–Crippen LogP) is 2.03. The third-order valence-electron chi connectivity index (χ3n) is 2.57. The summed E-state index contributed by atoms with van der Waals surface area (Å²) < 4.78 is 23.5. The predicted molar refractivity (Wildman–Crippen MR) is 70.2 cm³/mol. The number of hydrogen-bond acceptors (Lipinski definition) is 3. The lowest BCUT2D eigenvalue weighted by Crippen LogP contribution is -2.09. The van der Waals surface area contributed by atoms with Crippen LogP contribution in [0.25, 0.3) is 0 Å². The number of carbonyl (C=O) groups is 1. The average molecular weight is 270 g/mol. The van der Waals surface area contributed by atoms with Crippen molar-refractivity contribution < 1.29 is 18.3 Å². The Morgan fingerprint density at radius 2 is 1.72 bits per heavy atom. The van der Waals surface area contributed by atoms with Gasteiger partial charge in [0.05, 0.1) is 17.9 Å². The van der Waals surface area contributed by atoms with Gasteiger partial charge in [0, 0.05) is 0 Å². The van der Waals surface area contributed by atoms with Crippen molar-refractivity contribution in [3.63, 3.8) is 0 Å². The molecule has 0 radical (unpaired) electrons. The summed E-state index contributed by atoms with van der Waals surface area (Å²) >= 11 is 0. The molecule has 1 aromatic carbocycles. The number of carboxylic acid groups (broad SMARTS) is 1. The number of aliphatic carboxylic acids is 1. The van der Waals surface area contributed by atoms with Crippen LogP contribution in [0.3, 0.4) is 0 Å². The molecule has 100 valence electrons. The van der Waals surface area contributed by atoms with Crippen molar-refractivity contribution in [2.45, 2.75) is 31.9 Å². The van der Waals surface area contributed by atoms with Gasteiger partial charge in [-0.25, -0.2) is 8.42 Å². The van der Waals surface area contributed by atoms with Crippen molar-refractivity contribution in [1.29, 1.82) is 0 Å². The van der Waals surface area contributed by atoms with E-state index in [-0.39, 0.29) is 17.9 Å². The largest absolute Gasteiger partial charge is 0.481 e. The van der Waals surface area contributed by atoms with Crippen molar-refractivity contribution in [2.75, 3.05) is 5.75 Å². The van der Waals surface area contributed by atoms with Crippen LogP contribution < -0.4 is 0 Å². The van der Waals surface area contributed by atoms with Gasteiger partial charge in [-0.3, -0.25) is 4.79 Å². The van der Waals surface area contributed by atoms with Gasteiger partial charge in [-0.2, -0.15) is 0 Å². The maximum atomic E-state index is 11.7. The van der Waals surface area contributed by atoms with Crippen molar-refractivity contribution >= 4 is 15.8 Å². The lowest BCUT2D eigenvalue weighted by atomic mass is 10.1. The van der Waals surface area contributed by atoms with Crippen LogP contribution in [-0.4, -0.2) is 25.2 Å². The molecule has 0 unspecified atom stereocenters. The first-order valence-electron chi connectivity index (χ1n) is 5.93. The van der Waals surface area contributed by atoms with E-state index in [1.807, 2.05) is 6.92 Å². The molecule has 0 fully saturated rings. The molecular weight excluding hydrogens is 252 g/mol. The van der Waals surface area contributed by atoms with E-state index in [2.05, 4.69) is 0 Å². The number of sulfone groups is 1. The molecule has 0 saturated heterocycles. The number of benzene rings is 1. The van der Waals surface area contributed by atoms with E-state index in [4.69, 9.17) is 5.11 Å². The van der Waals surface area contributed by atoms with E-state index in [1.54, 1.807) is 24.3 Å². The zero-order valence-corrected chi connectivity index (χ0v) is 11.2. The smallest absolute Gasteiger partial charge is 0.307 e. The van der Waals surface area contributed by atoms with Crippen molar-refractivity contribution in [3.05, 3.63) is 35.4 Å². The van der Waals surface area contributed by atoms with Crippen LogP contribution in [0.15, 0.2) is 24.3 Å². The fourth-order valence-corrected chi connectivity index (χ4v) is 3.19. The first-order chi connectivity index (χ1) is 8.43. The molecular formula is C13H18O4S. The van der Waals surface area contributed by atoms with Crippen molar-refractivity contribution in [3.8, 4) is 0 Å². The highest BCUT2D eigenvalue weighted by Crippen LogP contribution is 2.10. The van der Waals surface area contributed by atoms with Gasteiger partial charge < -0.3 is 5.11 Å². The fraction of sp³-hybridized carbons (Fsp3) is 0.462. The quantitative estimate of drug-likeness (QED) is 0.823. The summed E-state index contributed by atoms with van der Waals surface area (Å²) in [5.74, 6) is -0.654. The SMILES string of the molecule is CCCCS(=O)(=O)Cc1ccc(CC(=O)O)cc1. The second-order valence-electron chi connectivity index (χ2n) is 4.33. The minimum Gasteiger partial charge on any atom is -0.481 e. The highest BCUT2D eigenvalue weighted by Gasteiger charge is 2.11. The van der Waals surface area contributed by atoms with Gasteiger partial charge >= 0.3 is 5.97 Å². The summed E-state index contributed by atoms with van der Waals surface area (Å²) in [6, 6.07) is 6.70. The Morgan fingerprint density at radius 3 is 2.22 bits per heavy atom. The van der Waals surface area contributed by atoms with Gasteiger partial charge in [0.2, 0.25) is 0 Å². The van der Waals surface area contributed by atoms with E-state index < -0.39 is 15.8 Å². The van der Waals surface area contributed by atoms with E-state index in [0.29, 0.717) is 17.5 Å². The summed E-state index contributed by atoms with van der Waals surface area (Å²) in [4.78, 5) is 10.5. The van der Waals surface area contributed by atoms with E-state index in [0.717, 1.165) is 6.42 Å². The Morgan fingerprint density at radius 1 is 1.17 bits per heavy atom. The first-order valence-corrected chi connectivity index (χ1v) is 7.75. The Bertz CT molecular complexity index is 488. The van der Waals surface area contributed by atoms with Crippen LogP contribution >= 0.6 is 0 Å². The summed E-state index contributed by atoms with van der Waals surface area (Å²) in [6.45, 7) is 1.95. The molecule has 0 saturated carbocycles. The Balaban J connectivity index is 2.66. The molecule has 1 rings (SSSR count). The Hall–Kier alpha value is -1.36. The highest BCUT2D eigenvalue weighted by atomic mass is 32.2. The van der Waals surface area contributed by atoms with Crippen LogP contribution in [-0.2, 0) is 26.8 Å². The number of unbranched alkanes of at least 4 members (excludes halogenated alkanes) is 1.